The average molecular weight is 216 g/mol. The normalized spacial score (nSPS) is 13.6. The van der Waals surface area contributed by atoms with Crippen molar-refractivity contribution in [3.8, 4) is 11.3 Å². The summed E-state index contributed by atoms with van der Waals surface area (Å²) < 4.78 is 0. The molecule has 0 fully saturated rings. The molecule has 2 aromatic heterocycles. The molecule has 0 aliphatic heterocycles. The van der Waals surface area contributed by atoms with Crippen LogP contribution in [0.1, 0.15) is 22.8 Å². The highest BCUT2D eigenvalue weighted by molar-refractivity contribution is 5.71. The molecule has 3 rings (SSSR count). The summed E-state index contributed by atoms with van der Waals surface area (Å²) in [5.74, 6) is 1.01. The molecule has 0 saturated heterocycles. The minimum Gasteiger partial charge on any atom is -0.364 e. The van der Waals surface area contributed by atoms with Crippen LogP contribution in [0.5, 0.6) is 0 Å². The number of nitrogens with two attached hydrogens (primary N) is 1. The summed E-state index contributed by atoms with van der Waals surface area (Å²) in [4.78, 5) is 11.4. The van der Waals surface area contributed by atoms with Crippen molar-refractivity contribution in [3.05, 3.63) is 29.0 Å². The zero-order chi connectivity index (χ0) is 11.1. The number of fused-ring (bicyclic) bond motifs is 3. The highest BCUT2D eigenvalue weighted by atomic mass is 14.9. The van der Waals surface area contributed by atoms with Gasteiger partial charge in [0.25, 0.3) is 0 Å². The molecule has 84 valence electrons. The summed E-state index contributed by atoms with van der Waals surface area (Å²) in [6.45, 7) is 2.77. The molecule has 0 spiro atoms. The molecule has 0 amide bonds. The maximum Gasteiger partial charge on any atom is 0.108 e. The van der Waals surface area contributed by atoms with Gasteiger partial charge in [0, 0.05) is 29.6 Å². The van der Waals surface area contributed by atoms with Crippen molar-refractivity contribution in [1.82, 2.24) is 15.0 Å². The van der Waals surface area contributed by atoms with Crippen LogP contribution in [0, 0.1) is 6.92 Å². The van der Waals surface area contributed by atoms with Crippen molar-refractivity contribution in [2.24, 2.45) is 5.73 Å². The summed E-state index contributed by atoms with van der Waals surface area (Å²) >= 11 is 0. The van der Waals surface area contributed by atoms with Crippen molar-refractivity contribution in [2.45, 2.75) is 26.2 Å². The van der Waals surface area contributed by atoms with E-state index in [1.807, 2.05) is 0 Å². The predicted molar refractivity (Wildman–Crippen MR) is 63.3 cm³/mol. The van der Waals surface area contributed by atoms with Crippen LogP contribution in [0.15, 0.2) is 6.20 Å². The van der Waals surface area contributed by atoms with E-state index in [-0.39, 0.29) is 0 Å². The van der Waals surface area contributed by atoms with E-state index in [1.165, 1.54) is 22.5 Å². The Kier molecular flexibility index (Phi) is 2.11. The van der Waals surface area contributed by atoms with Crippen LogP contribution in [0.3, 0.4) is 0 Å². The molecular weight excluding hydrogens is 200 g/mol. The van der Waals surface area contributed by atoms with E-state index >= 15 is 0 Å². The van der Waals surface area contributed by atoms with Crippen molar-refractivity contribution < 1.29 is 0 Å². The molecule has 0 radical (unpaired) electrons. The number of nitrogens with zero attached hydrogens (tertiary/aromatic N) is 1. The van der Waals surface area contributed by atoms with Crippen molar-refractivity contribution >= 4 is 0 Å². The van der Waals surface area contributed by atoms with Gasteiger partial charge in [0.05, 0.1) is 5.69 Å². The first-order valence-corrected chi connectivity index (χ1v) is 5.74. The van der Waals surface area contributed by atoms with Crippen LogP contribution in [-0.2, 0) is 19.3 Å². The Morgan fingerprint density at radius 2 is 2.19 bits per heavy atom. The molecule has 1 aliphatic carbocycles. The standard InChI is InChI=1S/C12H16N4/c1-7-6-14-8-2-3-9-12(11(7)8)16-10(15-9)4-5-13/h6,14H,2-5,13H2,1H3,(H,15,16). The lowest BCUT2D eigenvalue weighted by Crippen LogP contribution is -2.04. The van der Waals surface area contributed by atoms with Gasteiger partial charge in [-0.1, -0.05) is 0 Å². The van der Waals surface area contributed by atoms with Gasteiger partial charge in [-0.3, -0.25) is 0 Å². The van der Waals surface area contributed by atoms with Gasteiger partial charge in [-0.05, 0) is 31.9 Å². The molecule has 0 bridgehead atoms. The smallest absolute Gasteiger partial charge is 0.108 e. The zero-order valence-corrected chi connectivity index (χ0v) is 9.43. The maximum atomic E-state index is 5.56. The second kappa shape index (κ2) is 3.49. The molecule has 2 heterocycles. The van der Waals surface area contributed by atoms with Crippen LogP contribution in [0.4, 0.5) is 0 Å². The van der Waals surface area contributed by atoms with E-state index in [1.54, 1.807) is 0 Å². The third-order valence-electron chi connectivity index (χ3n) is 3.23. The fourth-order valence-electron chi connectivity index (χ4n) is 2.46. The summed E-state index contributed by atoms with van der Waals surface area (Å²) in [5, 5.41) is 0. The van der Waals surface area contributed by atoms with Crippen LogP contribution in [-0.4, -0.2) is 21.5 Å². The molecule has 4 heteroatoms. The van der Waals surface area contributed by atoms with E-state index in [0.717, 1.165) is 30.8 Å². The zero-order valence-electron chi connectivity index (χ0n) is 9.43. The molecule has 4 N–H and O–H groups in total. The largest absolute Gasteiger partial charge is 0.364 e. The summed E-state index contributed by atoms with van der Waals surface area (Å²) in [7, 11) is 0. The van der Waals surface area contributed by atoms with E-state index in [0.29, 0.717) is 6.54 Å². The topological polar surface area (TPSA) is 70.5 Å². The first-order chi connectivity index (χ1) is 7.79. The summed E-state index contributed by atoms with van der Waals surface area (Å²) in [6.07, 6.45) is 5.00. The van der Waals surface area contributed by atoms with Crippen LogP contribution in [0.2, 0.25) is 0 Å². The third-order valence-corrected chi connectivity index (χ3v) is 3.23. The number of imidazole rings is 1. The van der Waals surface area contributed by atoms with Gasteiger partial charge in [0.2, 0.25) is 0 Å². The van der Waals surface area contributed by atoms with E-state index in [2.05, 4.69) is 28.1 Å². The molecule has 4 nitrogen and oxygen atoms in total. The number of hydrogen-bond acceptors (Lipinski definition) is 2. The fourth-order valence-corrected chi connectivity index (χ4v) is 2.46. The Hall–Kier alpha value is -1.55. The predicted octanol–water partition coefficient (Wildman–Crippen LogP) is 1.31. The number of aryl methyl sites for hydroxylation is 3. The van der Waals surface area contributed by atoms with Crippen LogP contribution in [0.25, 0.3) is 11.3 Å². The van der Waals surface area contributed by atoms with Crippen LogP contribution >= 0.6 is 0 Å². The van der Waals surface area contributed by atoms with Gasteiger partial charge < -0.3 is 15.7 Å². The van der Waals surface area contributed by atoms with Gasteiger partial charge in [-0.15, -0.1) is 0 Å². The van der Waals surface area contributed by atoms with Gasteiger partial charge >= 0.3 is 0 Å². The number of aromatic amines is 2. The molecule has 0 unspecified atom stereocenters. The van der Waals surface area contributed by atoms with Crippen molar-refractivity contribution in [2.75, 3.05) is 6.54 Å². The Balaban J connectivity index is 2.12. The Labute approximate surface area is 94.3 Å². The SMILES string of the molecule is Cc1c[nH]c2c1-c1nc(CCN)[nH]c1CC2. The Morgan fingerprint density at radius 1 is 1.38 bits per heavy atom. The highest BCUT2D eigenvalue weighted by Gasteiger charge is 2.22. The molecule has 16 heavy (non-hydrogen) atoms. The Bertz CT molecular complexity index is 521. The minimum absolute atomic E-state index is 0.644. The molecule has 0 atom stereocenters. The lowest BCUT2D eigenvalue weighted by Gasteiger charge is -2.11. The summed E-state index contributed by atoms with van der Waals surface area (Å²) in [6, 6.07) is 0. The number of nitrogens with one attached hydrogen (secondary N) is 2. The molecule has 0 saturated carbocycles. The van der Waals surface area contributed by atoms with Crippen LogP contribution < -0.4 is 5.73 Å². The fraction of sp³-hybridized carbons (Fsp3) is 0.417. The lowest BCUT2D eigenvalue weighted by molar-refractivity contribution is 0.859. The molecule has 2 aromatic rings. The van der Waals surface area contributed by atoms with Gasteiger partial charge in [-0.25, -0.2) is 4.98 Å². The summed E-state index contributed by atoms with van der Waals surface area (Å²) in [5.41, 5.74) is 11.8. The lowest BCUT2D eigenvalue weighted by atomic mass is 9.96. The first kappa shape index (κ1) is 9.66. The number of hydrogen-bond donors (Lipinski definition) is 3. The van der Waals surface area contributed by atoms with Crippen molar-refractivity contribution in [1.29, 1.82) is 0 Å². The molecule has 0 aromatic carbocycles. The minimum atomic E-state index is 0.644. The quantitative estimate of drug-likeness (QED) is 0.708. The van der Waals surface area contributed by atoms with E-state index in [4.69, 9.17) is 5.73 Å². The third kappa shape index (κ3) is 1.30. The number of H-pyrrole nitrogens is 2. The van der Waals surface area contributed by atoms with Gasteiger partial charge in [-0.2, -0.15) is 0 Å². The van der Waals surface area contributed by atoms with Gasteiger partial charge in [0.15, 0.2) is 0 Å². The second-order valence-corrected chi connectivity index (χ2v) is 4.37. The average Bonchev–Trinajstić information content (AvgIpc) is 2.82. The second-order valence-electron chi connectivity index (χ2n) is 4.37. The molecule has 1 aliphatic rings. The Morgan fingerprint density at radius 3 is 3.00 bits per heavy atom. The van der Waals surface area contributed by atoms with E-state index < -0.39 is 0 Å². The first-order valence-electron chi connectivity index (χ1n) is 5.74. The van der Waals surface area contributed by atoms with E-state index in [9.17, 15) is 0 Å². The number of aromatic nitrogens is 3. The maximum absolute atomic E-state index is 5.56. The highest BCUT2D eigenvalue weighted by Crippen LogP contribution is 2.33. The van der Waals surface area contributed by atoms with Crippen molar-refractivity contribution in [3.63, 3.8) is 0 Å². The number of rotatable bonds is 2. The monoisotopic (exact) mass is 216 g/mol. The van der Waals surface area contributed by atoms with Gasteiger partial charge in [0.1, 0.15) is 5.82 Å². The molecular formula is C12H16N4.